The van der Waals surface area contributed by atoms with Crippen molar-refractivity contribution in [3.05, 3.63) is 52.0 Å². The van der Waals surface area contributed by atoms with Crippen molar-refractivity contribution in [2.24, 2.45) is 0 Å². The molecular weight excluding hydrogens is 320 g/mol. The molecule has 0 aliphatic heterocycles. The lowest BCUT2D eigenvalue weighted by atomic mass is 10.1. The van der Waals surface area contributed by atoms with Crippen LogP contribution in [-0.2, 0) is 0 Å². The number of anilines is 2. The van der Waals surface area contributed by atoms with Crippen molar-refractivity contribution in [2.75, 3.05) is 18.2 Å². The van der Waals surface area contributed by atoms with Gasteiger partial charge in [0.2, 0.25) is 0 Å². The SMILES string of the molecule is COc1ccc(N)cc1NC(=O)c1cccc(C)c1Br. The average molecular weight is 335 g/mol. The minimum atomic E-state index is -0.218. The Bertz CT molecular complexity index is 656. The summed E-state index contributed by atoms with van der Waals surface area (Å²) in [6.45, 7) is 1.93. The minimum absolute atomic E-state index is 0.218. The molecule has 0 heterocycles. The molecule has 0 saturated heterocycles. The number of aryl methyl sites for hydroxylation is 1. The van der Waals surface area contributed by atoms with Gasteiger partial charge in [-0.3, -0.25) is 4.79 Å². The van der Waals surface area contributed by atoms with Crippen LogP contribution in [0.1, 0.15) is 15.9 Å². The quantitative estimate of drug-likeness (QED) is 0.843. The van der Waals surface area contributed by atoms with Crippen LogP contribution in [0, 0.1) is 6.92 Å². The lowest BCUT2D eigenvalue weighted by molar-refractivity contribution is 0.102. The summed E-state index contributed by atoms with van der Waals surface area (Å²) in [6.07, 6.45) is 0. The Kier molecular flexibility index (Phi) is 4.29. The maximum absolute atomic E-state index is 12.3. The minimum Gasteiger partial charge on any atom is -0.495 e. The predicted octanol–water partition coefficient (Wildman–Crippen LogP) is 3.60. The number of benzene rings is 2. The van der Waals surface area contributed by atoms with E-state index in [0.29, 0.717) is 22.7 Å². The first kappa shape index (κ1) is 14.4. The largest absolute Gasteiger partial charge is 0.495 e. The molecule has 0 saturated carbocycles. The molecule has 0 unspecified atom stereocenters. The van der Waals surface area contributed by atoms with E-state index in [-0.39, 0.29) is 5.91 Å². The highest BCUT2D eigenvalue weighted by molar-refractivity contribution is 9.10. The molecule has 20 heavy (non-hydrogen) atoms. The van der Waals surface area contributed by atoms with Crippen molar-refractivity contribution in [3.8, 4) is 5.75 Å². The number of rotatable bonds is 3. The van der Waals surface area contributed by atoms with Crippen LogP contribution >= 0.6 is 15.9 Å². The molecule has 0 fully saturated rings. The van der Waals surface area contributed by atoms with Gasteiger partial charge in [0, 0.05) is 10.2 Å². The van der Waals surface area contributed by atoms with Gasteiger partial charge >= 0.3 is 0 Å². The third kappa shape index (κ3) is 2.93. The van der Waals surface area contributed by atoms with Gasteiger partial charge in [-0.25, -0.2) is 0 Å². The summed E-state index contributed by atoms with van der Waals surface area (Å²) in [4.78, 5) is 12.3. The molecule has 0 aliphatic rings. The highest BCUT2D eigenvalue weighted by Gasteiger charge is 2.13. The van der Waals surface area contributed by atoms with Gasteiger partial charge in [-0.05, 0) is 52.7 Å². The number of nitrogens with two attached hydrogens (primary N) is 1. The molecule has 5 heteroatoms. The Morgan fingerprint density at radius 3 is 2.75 bits per heavy atom. The highest BCUT2D eigenvalue weighted by Crippen LogP contribution is 2.28. The molecule has 3 N–H and O–H groups in total. The molecule has 0 radical (unpaired) electrons. The van der Waals surface area contributed by atoms with Crippen LogP contribution in [0.2, 0.25) is 0 Å². The predicted molar refractivity (Wildman–Crippen MR) is 84.2 cm³/mol. The third-order valence-corrected chi connectivity index (χ3v) is 3.96. The normalized spacial score (nSPS) is 10.2. The second-order valence-electron chi connectivity index (χ2n) is 4.35. The van der Waals surface area contributed by atoms with Gasteiger partial charge < -0.3 is 15.8 Å². The Balaban J connectivity index is 2.32. The van der Waals surface area contributed by atoms with Gasteiger partial charge in [-0.2, -0.15) is 0 Å². The lowest BCUT2D eigenvalue weighted by Crippen LogP contribution is -2.14. The van der Waals surface area contributed by atoms with E-state index in [2.05, 4.69) is 21.2 Å². The van der Waals surface area contributed by atoms with E-state index in [0.717, 1.165) is 10.0 Å². The molecule has 0 spiro atoms. The monoisotopic (exact) mass is 334 g/mol. The Hall–Kier alpha value is -2.01. The topological polar surface area (TPSA) is 64.3 Å². The van der Waals surface area contributed by atoms with Crippen LogP contribution in [0.4, 0.5) is 11.4 Å². The summed E-state index contributed by atoms with van der Waals surface area (Å²) in [7, 11) is 1.55. The molecule has 2 rings (SSSR count). The fourth-order valence-electron chi connectivity index (χ4n) is 1.84. The van der Waals surface area contributed by atoms with E-state index in [1.54, 1.807) is 31.4 Å². The molecular formula is C15H15BrN2O2. The first-order chi connectivity index (χ1) is 9.52. The fraction of sp³-hybridized carbons (Fsp3) is 0.133. The standard InChI is InChI=1S/C15H15BrN2O2/c1-9-4-3-5-11(14(9)16)15(19)18-12-8-10(17)6-7-13(12)20-2/h3-8H,17H2,1-2H3,(H,18,19). The number of carbonyl (C=O) groups excluding carboxylic acids is 1. The summed E-state index contributed by atoms with van der Waals surface area (Å²) in [6, 6.07) is 10.6. The zero-order valence-corrected chi connectivity index (χ0v) is 12.8. The summed E-state index contributed by atoms with van der Waals surface area (Å²) in [5.41, 5.74) is 8.40. The van der Waals surface area contributed by atoms with E-state index in [1.807, 2.05) is 19.1 Å². The molecule has 0 atom stereocenters. The number of amides is 1. The van der Waals surface area contributed by atoms with Crippen LogP contribution in [0.15, 0.2) is 40.9 Å². The first-order valence-electron chi connectivity index (χ1n) is 6.03. The maximum atomic E-state index is 12.3. The van der Waals surface area contributed by atoms with Crippen LogP contribution < -0.4 is 15.8 Å². The molecule has 0 aromatic heterocycles. The lowest BCUT2D eigenvalue weighted by Gasteiger charge is -2.12. The van der Waals surface area contributed by atoms with Crippen LogP contribution in [0.3, 0.4) is 0 Å². The van der Waals surface area contributed by atoms with E-state index in [4.69, 9.17) is 10.5 Å². The van der Waals surface area contributed by atoms with E-state index in [9.17, 15) is 4.79 Å². The molecule has 0 bridgehead atoms. The van der Waals surface area contributed by atoms with Crippen molar-refractivity contribution < 1.29 is 9.53 Å². The van der Waals surface area contributed by atoms with Crippen molar-refractivity contribution in [1.29, 1.82) is 0 Å². The number of halogens is 1. The number of carbonyl (C=O) groups is 1. The van der Waals surface area contributed by atoms with Gasteiger partial charge in [-0.1, -0.05) is 12.1 Å². The first-order valence-corrected chi connectivity index (χ1v) is 6.82. The number of nitrogens with one attached hydrogen (secondary N) is 1. The average Bonchev–Trinajstić information content (AvgIpc) is 2.42. The van der Waals surface area contributed by atoms with Crippen molar-refractivity contribution in [3.63, 3.8) is 0 Å². The summed E-state index contributed by atoms with van der Waals surface area (Å²) in [5, 5.41) is 2.81. The number of nitrogen functional groups attached to an aromatic ring is 1. The second kappa shape index (κ2) is 5.96. The number of hydrogen-bond donors (Lipinski definition) is 2. The molecule has 1 amide bonds. The van der Waals surface area contributed by atoms with E-state index < -0.39 is 0 Å². The highest BCUT2D eigenvalue weighted by atomic mass is 79.9. The van der Waals surface area contributed by atoms with E-state index in [1.165, 1.54) is 0 Å². The van der Waals surface area contributed by atoms with Crippen molar-refractivity contribution in [2.45, 2.75) is 6.92 Å². The Morgan fingerprint density at radius 1 is 1.30 bits per heavy atom. The molecule has 2 aromatic carbocycles. The third-order valence-electron chi connectivity index (χ3n) is 2.91. The zero-order valence-electron chi connectivity index (χ0n) is 11.2. The van der Waals surface area contributed by atoms with Gasteiger partial charge in [0.25, 0.3) is 5.91 Å². The van der Waals surface area contributed by atoms with Gasteiger partial charge in [0.15, 0.2) is 0 Å². The number of methoxy groups -OCH3 is 1. The van der Waals surface area contributed by atoms with Crippen LogP contribution in [0.25, 0.3) is 0 Å². The maximum Gasteiger partial charge on any atom is 0.256 e. The van der Waals surface area contributed by atoms with Gasteiger partial charge in [-0.15, -0.1) is 0 Å². The molecule has 104 valence electrons. The Morgan fingerprint density at radius 2 is 2.05 bits per heavy atom. The van der Waals surface area contributed by atoms with Crippen LogP contribution in [-0.4, -0.2) is 13.0 Å². The van der Waals surface area contributed by atoms with Gasteiger partial charge in [0.1, 0.15) is 5.75 Å². The number of ether oxygens (including phenoxy) is 1. The van der Waals surface area contributed by atoms with Gasteiger partial charge in [0.05, 0.1) is 18.4 Å². The van der Waals surface area contributed by atoms with Crippen molar-refractivity contribution >= 4 is 33.2 Å². The Labute approximate surface area is 126 Å². The zero-order chi connectivity index (χ0) is 14.7. The van der Waals surface area contributed by atoms with Crippen LogP contribution in [0.5, 0.6) is 5.75 Å². The molecule has 4 nitrogen and oxygen atoms in total. The smallest absolute Gasteiger partial charge is 0.256 e. The fourth-order valence-corrected chi connectivity index (χ4v) is 2.28. The van der Waals surface area contributed by atoms with E-state index >= 15 is 0 Å². The number of hydrogen-bond acceptors (Lipinski definition) is 3. The summed E-state index contributed by atoms with van der Waals surface area (Å²) < 4.78 is 5.99. The molecule has 2 aromatic rings. The van der Waals surface area contributed by atoms with Crippen molar-refractivity contribution in [1.82, 2.24) is 0 Å². The molecule has 0 aliphatic carbocycles. The summed E-state index contributed by atoms with van der Waals surface area (Å²) in [5.74, 6) is 0.348. The second-order valence-corrected chi connectivity index (χ2v) is 5.14. The summed E-state index contributed by atoms with van der Waals surface area (Å²) >= 11 is 3.43.